The van der Waals surface area contributed by atoms with Crippen LogP contribution in [0.2, 0.25) is 0 Å². The van der Waals surface area contributed by atoms with Gasteiger partial charge in [0.15, 0.2) is 22.9 Å². The molecule has 0 saturated heterocycles. The summed E-state index contributed by atoms with van der Waals surface area (Å²) < 4.78 is 55.9. The number of carbonyl (C=O) groups excluding carboxylic acids is 3. The monoisotopic (exact) mass is 1210 g/mol. The Morgan fingerprint density at radius 1 is 0.667 bits per heavy atom. The third kappa shape index (κ3) is 26.8. The van der Waals surface area contributed by atoms with Gasteiger partial charge in [-0.3, -0.25) is 23.5 Å². The topological polar surface area (TPSA) is 390 Å². The van der Waals surface area contributed by atoms with Crippen molar-refractivity contribution in [2.24, 2.45) is 11.8 Å². The van der Waals surface area contributed by atoms with E-state index in [-0.39, 0.29) is 48.9 Å². The first kappa shape index (κ1) is 72.6. The lowest BCUT2D eigenvalue weighted by atomic mass is 10.1. The maximum Gasteiger partial charge on any atom is 0.350 e. The van der Waals surface area contributed by atoms with Crippen molar-refractivity contribution < 1.29 is 62.1 Å². The number of unbranched alkanes of at least 4 members (excludes halogenated alkanes) is 6. The van der Waals surface area contributed by atoms with Gasteiger partial charge in [0.2, 0.25) is 7.44 Å². The number of imidazole rings is 2. The second kappa shape index (κ2) is 33.7. The number of aliphatic hydroxyl groups excluding tert-OH is 1. The van der Waals surface area contributed by atoms with Crippen LogP contribution in [-0.2, 0) is 60.3 Å². The van der Waals surface area contributed by atoms with Crippen LogP contribution in [0.3, 0.4) is 0 Å². The molecule has 26 nitrogen and oxygen atoms in total. The Kier molecular flexibility index (Phi) is 30.3. The molecule has 3 unspecified atom stereocenters. The van der Waals surface area contributed by atoms with E-state index in [9.17, 15) is 23.5 Å². The van der Waals surface area contributed by atoms with E-state index in [1.807, 2.05) is 20.8 Å². The summed E-state index contributed by atoms with van der Waals surface area (Å²) in [6.07, 6.45) is 16.6. The van der Waals surface area contributed by atoms with E-state index in [4.69, 9.17) is 61.6 Å². The van der Waals surface area contributed by atoms with Crippen LogP contribution in [0, 0.1) is 11.8 Å². The number of anilines is 2. The fraction of sp³-hybridized carbons (Fsp3) is 0.750. The van der Waals surface area contributed by atoms with Crippen molar-refractivity contribution in [3.8, 4) is 0 Å². The third-order valence-corrected chi connectivity index (χ3v) is 15.6. The van der Waals surface area contributed by atoms with E-state index in [0.29, 0.717) is 53.9 Å². The molecule has 5 atom stereocenters. The van der Waals surface area contributed by atoms with Crippen LogP contribution in [0.15, 0.2) is 25.3 Å². The maximum atomic E-state index is 14.4. The number of nitrogens with one attached hydrogen (secondary N) is 2. The van der Waals surface area contributed by atoms with Crippen LogP contribution in [-0.4, -0.2) is 138 Å². The molecule has 81 heavy (non-hydrogen) atoms. The molecule has 29 heteroatoms. The molecule has 0 amide bonds. The normalized spacial score (nSPS) is 15.9. The fourth-order valence-corrected chi connectivity index (χ4v) is 10.7. The zero-order valence-electron chi connectivity index (χ0n) is 49.6. The molecule has 6 rings (SSSR count). The molecular weight excluding hydrogens is 1110 g/mol. The molecule has 0 radical (unpaired) electrons. The number of aliphatic hydroxyl groups is 1. The van der Waals surface area contributed by atoms with E-state index in [0.717, 1.165) is 51.4 Å². The Balaban J connectivity index is 0.000000467. The minimum absolute atomic E-state index is 0. The summed E-state index contributed by atoms with van der Waals surface area (Å²) in [5, 5.41) is 14.6. The average Bonchev–Trinajstić information content (AvgIpc) is 4.32. The van der Waals surface area contributed by atoms with Crippen molar-refractivity contribution in [1.29, 1.82) is 0 Å². The summed E-state index contributed by atoms with van der Waals surface area (Å²) in [7, 11) is -7.92. The molecule has 4 heterocycles. The number of nitrogens with two attached hydrogens (primary N) is 2. The van der Waals surface area contributed by atoms with Crippen molar-refractivity contribution in [2.45, 2.75) is 214 Å². The van der Waals surface area contributed by atoms with E-state index in [2.05, 4.69) is 53.9 Å². The molecule has 2 saturated carbocycles. The van der Waals surface area contributed by atoms with Gasteiger partial charge in [0.05, 0.1) is 57.3 Å². The van der Waals surface area contributed by atoms with Gasteiger partial charge < -0.3 is 65.3 Å². The van der Waals surface area contributed by atoms with Crippen LogP contribution in [0.5, 0.6) is 0 Å². The minimum Gasteiger partial charge on any atom is -0.464 e. The molecule has 0 aliphatic heterocycles. The van der Waals surface area contributed by atoms with Crippen molar-refractivity contribution in [3.63, 3.8) is 0 Å². The Hall–Kier alpha value is -4.46. The summed E-state index contributed by atoms with van der Waals surface area (Å²) in [6, 6.07) is 0. The number of hydrogen-bond acceptors (Lipinski definition) is 20. The molecule has 4 aromatic heterocycles. The highest BCUT2D eigenvalue weighted by Crippen LogP contribution is 2.43. The number of nitrogens with zero attached hydrogens (tertiary/aromatic N) is 8. The predicted octanol–water partition coefficient (Wildman–Crippen LogP) is 8.18. The molecule has 2 aliphatic carbocycles. The molecule has 2 aliphatic rings. The van der Waals surface area contributed by atoms with Gasteiger partial charge in [-0.05, 0) is 120 Å². The van der Waals surface area contributed by atoms with Crippen LogP contribution in [0.25, 0.3) is 22.3 Å². The summed E-state index contributed by atoms with van der Waals surface area (Å²) >= 11 is 5.75. The zero-order valence-corrected chi connectivity index (χ0v) is 52.2. The number of aromatic nitrogens is 8. The number of hydrogen-bond donors (Lipinski definition) is 8. The van der Waals surface area contributed by atoms with Gasteiger partial charge in [-0.2, -0.15) is 0 Å². The Labute approximate surface area is 482 Å². The molecule has 12 N–H and O–H groups in total. The maximum absolute atomic E-state index is 14.4. The van der Waals surface area contributed by atoms with Gasteiger partial charge in [0.1, 0.15) is 58.4 Å². The van der Waals surface area contributed by atoms with Gasteiger partial charge in [0.25, 0.3) is 0 Å². The number of alkyl halides is 1. The van der Waals surface area contributed by atoms with Crippen LogP contribution >= 0.6 is 26.6 Å². The number of rotatable bonds is 30. The highest BCUT2D eigenvalue weighted by molar-refractivity contribution is 7.59. The van der Waals surface area contributed by atoms with E-state index in [1.54, 1.807) is 63.9 Å². The molecule has 4 aromatic rings. The second-order valence-corrected chi connectivity index (χ2v) is 26.9. The first-order chi connectivity index (χ1) is 37.3. The van der Waals surface area contributed by atoms with E-state index >= 15 is 0 Å². The SMILES string of the molecule is CC(O)C1CC1.CCCCCCOC(=O)C(C)(C)Cl.CCCCCCOC(=O)C(C)(C)NP(=O)(CO[C@H](C)Cn1cnc2c(N)ncnc21)NC(C)(C)C(=O)OC(C)C1CC1.C[C@H](Cn1cnc2c(N)ncnc21)OCP(=O)(O)O.N. The number of carbonyl (C=O) groups is 3. The number of ether oxygens (including phenoxy) is 5. The second-order valence-electron chi connectivity index (χ2n) is 22.1. The standard InChI is InChI=1S/C28H48N7O6P.C10H19ClO2.C9H14N5O4P.C5H10O.H3N/c1-8-9-10-11-14-39-25(36)27(4,5)33-42(38,34-28(6,7)26(37)41-20(3)21-12-13-21)18-40-19(2)15-35-17-32-22-23(29)30-16-31-24(22)35;1-4-5-6-7-8-13-9(12)10(2,3)11;1-6(18-5-19(15,16)17)2-14-4-13-7-8(10)11-3-12-9(7)14;1-4(6)5-2-3-5;/h16-17,19-21H,8-15,18H2,1-7H3,(H2,29,30,31)(H2,33,34,38);4-8H2,1-3H3;3-4,6H,2,5H2,1H3,(H2,10,11,12)(H2,15,16,17);4-6H,2-3H2,1H3;1H3/t19-,20?,42?;;6-;;/m1.1../s1. The lowest BCUT2D eigenvalue weighted by Gasteiger charge is -2.36. The van der Waals surface area contributed by atoms with Gasteiger partial charge in [0, 0.05) is 0 Å². The number of nitrogen functional groups attached to an aromatic ring is 2. The molecule has 0 aromatic carbocycles. The van der Waals surface area contributed by atoms with Gasteiger partial charge in [-0.15, -0.1) is 11.6 Å². The minimum atomic E-state index is -4.16. The Bertz CT molecular complexity index is 2640. The third-order valence-electron chi connectivity index (χ3n) is 12.6. The lowest BCUT2D eigenvalue weighted by Crippen LogP contribution is -2.54. The highest BCUT2D eigenvalue weighted by atomic mass is 35.5. The largest absolute Gasteiger partial charge is 0.464 e. The number of esters is 3. The van der Waals surface area contributed by atoms with Crippen LogP contribution in [0.1, 0.15) is 160 Å². The highest BCUT2D eigenvalue weighted by Gasteiger charge is 2.44. The molecule has 0 spiro atoms. The molecule has 2 fully saturated rings. The molecular formula is C52H94ClN13O13P2. The predicted molar refractivity (Wildman–Crippen MR) is 312 cm³/mol. The lowest BCUT2D eigenvalue weighted by molar-refractivity contribution is -0.155. The number of fused-ring (bicyclic) bond motifs is 2. The van der Waals surface area contributed by atoms with E-state index < -0.39 is 61.5 Å². The van der Waals surface area contributed by atoms with Crippen molar-refractivity contribution in [2.75, 3.05) is 37.4 Å². The first-order valence-electron chi connectivity index (χ1n) is 27.5. The molecule has 462 valence electrons. The van der Waals surface area contributed by atoms with Crippen LogP contribution < -0.4 is 27.8 Å². The van der Waals surface area contributed by atoms with Crippen molar-refractivity contribution in [1.82, 2.24) is 55.4 Å². The molecule has 0 bridgehead atoms. The fourth-order valence-electron chi connectivity index (χ4n) is 7.56. The van der Waals surface area contributed by atoms with E-state index in [1.165, 1.54) is 44.7 Å². The average molecular weight is 1210 g/mol. The Morgan fingerprint density at radius 2 is 1.09 bits per heavy atom. The van der Waals surface area contributed by atoms with Gasteiger partial charge in [-0.25, -0.2) is 40.1 Å². The van der Waals surface area contributed by atoms with Crippen molar-refractivity contribution in [3.05, 3.63) is 25.3 Å². The smallest absolute Gasteiger partial charge is 0.350 e. The zero-order chi connectivity index (χ0) is 60.1. The summed E-state index contributed by atoms with van der Waals surface area (Å²) in [5.41, 5.74) is 11.0. The van der Waals surface area contributed by atoms with Gasteiger partial charge in [-0.1, -0.05) is 52.4 Å². The Morgan fingerprint density at radius 3 is 1.47 bits per heavy atom. The summed E-state index contributed by atoms with van der Waals surface area (Å²) in [4.78, 5) is 78.3. The van der Waals surface area contributed by atoms with Crippen molar-refractivity contribution >= 4 is 78.5 Å². The summed E-state index contributed by atoms with van der Waals surface area (Å²) in [5.74, 6) is 0.164. The van der Waals surface area contributed by atoms with Crippen LogP contribution in [0.4, 0.5) is 11.6 Å². The quantitative estimate of drug-likeness (QED) is 0.00801. The number of halogens is 1. The van der Waals surface area contributed by atoms with Gasteiger partial charge >= 0.3 is 25.5 Å². The first-order valence-corrected chi connectivity index (χ1v) is 31.6. The summed E-state index contributed by atoms with van der Waals surface area (Å²) in [6.45, 7) is 22.6.